The van der Waals surface area contributed by atoms with Crippen molar-refractivity contribution in [2.45, 2.75) is 25.8 Å². The van der Waals surface area contributed by atoms with Gasteiger partial charge in [-0.3, -0.25) is 9.69 Å². The number of aryl methyl sites for hydroxylation is 1. The lowest BCUT2D eigenvalue weighted by atomic mass is 10.1. The van der Waals surface area contributed by atoms with Crippen molar-refractivity contribution in [3.05, 3.63) is 23.8 Å². The molecule has 0 atom stereocenters. The van der Waals surface area contributed by atoms with Crippen molar-refractivity contribution in [1.82, 2.24) is 4.90 Å². The predicted octanol–water partition coefficient (Wildman–Crippen LogP) is 1.37. The highest BCUT2D eigenvalue weighted by atomic mass is 16.5. The molecule has 5 heteroatoms. The number of methoxy groups -OCH3 is 1. The zero-order valence-electron chi connectivity index (χ0n) is 12.2. The van der Waals surface area contributed by atoms with Crippen LogP contribution in [0.15, 0.2) is 18.2 Å². The van der Waals surface area contributed by atoms with E-state index in [2.05, 4.69) is 10.2 Å². The summed E-state index contributed by atoms with van der Waals surface area (Å²) in [6.07, 6.45) is 1.92. The average molecular weight is 277 g/mol. The van der Waals surface area contributed by atoms with Gasteiger partial charge in [-0.25, -0.2) is 0 Å². The summed E-state index contributed by atoms with van der Waals surface area (Å²) < 4.78 is 5.26. The number of amides is 1. The number of carbonyl (C=O) groups is 1. The van der Waals surface area contributed by atoms with Crippen LogP contribution in [0.3, 0.4) is 0 Å². The first kappa shape index (κ1) is 14.8. The smallest absolute Gasteiger partial charge is 0.238 e. The molecule has 1 aliphatic rings. The van der Waals surface area contributed by atoms with Crippen LogP contribution in [-0.2, 0) is 4.79 Å². The fourth-order valence-corrected chi connectivity index (χ4v) is 2.42. The van der Waals surface area contributed by atoms with Crippen LogP contribution in [0.5, 0.6) is 5.75 Å². The van der Waals surface area contributed by atoms with Gasteiger partial charge in [0.15, 0.2) is 0 Å². The molecule has 0 bridgehead atoms. The van der Waals surface area contributed by atoms with E-state index in [0.717, 1.165) is 37.2 Å². The number of hydrogen-bond acceptors (Lipinski definition) is 4. The number of rotatable bonds is 4. The van der Waals surface area contributed by atoms with E-state index in [9.17, 15) is 4.79 Å². The Bertz CT molecular complexity index is 468. The molecule has 1 aliphatic heterocycles. The predicted molar refractivity (Wildman–Crippen MR) is 80.0 cm³/mol. The number of hydrogen-bond donors (Lipinski definition) is 2. The Morgan fingerprint density at radius 2 is 2.15 bits per heavy atom. The fourth-order valence-electron chi connectivity index (χ4n) is 2.42. The van der Waals surface area contributed by atoms with Crippen molar-refractivity contribution in [1.29, 1.82) is 0 Å². The molecule has 0 saturated carbocycles. The van der Waals surface area contributed by atoms with Crippen LogP contribution in [0.25, 0.3) is 0 Å². The Morgan fingerprint density at radius 1 is 1.45 bits per heavy atom. The van der Waals surface area contributed by atoms with Crippen LogP contribution < -0.4 is 15.8 Å². The van der Waals surface area contributed by atoms with E-state index in [0.29, 0.717) is 12.3 Å². The van der Waals surface area contributed by atoms with Gasteiger partial charge in [0, 0.05) is 19.1 Å². The van der Waals surface area contributed by atoms with Crippen LogP contribution >= 0.6 is 0 Å². The van der Waals surface area contributed by atoms with Crippen LogP contribution in [0.1, 0.15) is 18.4 Å². The summed E-state index contributed by atoms with van der Waals surface area (Å²) in [6.45, 7) is 4.17. The van der Waals surface area contributed by atoms with Crippen molar-refractivity contribution in [3.8, 4) is 5.75 Å². The first-order valence-corrected chi connectivity index (χ1v) is 7.01. The van der Waals surface area contributed by atoms with E-state index in [1.165, 1.54) is 0 Å². The van der Waals surface area contributed by atoms with E-state index >= 15 is 0 Å². The highest BCUT2D eigenvalue weighted by Crippen LogP contribution is 2.25. The summed E-state index contributed by atoms with van der Waals surface area (Å²) in [6, 6.07) is 6.03. The third kappa shape index (κ3) is 3.95. The number of ether oxygens (including phenoxy) is 1. The SMILES string of the molecule is COc1ccc(C)cc1NC(=O)CN1CCC(N)CC1. The molecular weight excluding hydrogens is 254 g/mol. The summed E-state index contributed by atoms with van der Waals surface area (Å²) in [4.78, 5) is 14.2. The number of nitrogens with one attached hydrogen (secondary N) is 1. The molecule has 20 heavy (non-hydrogen) atoms. The Morgan fingerprint density at radius 3 is 2.80 bits per heavy atom. The number of carbonyl (C=O) groups excluding carboxylic acids is 1. The molecule has 110 valence electrons. The van der Waals surface area contributed by atoms with E-state index in [4.69, 9.17) is 10.5 Å². The molecule has 1 amide bonds. The van der Waals surface area contributed by atoms with Gasteiger partial charge in [-0.15, -0.1) is 0 Å². The number of anilines is 1. The zero-order valence-corrected chi connectivity index (χ0v) is 12.2. The first-order valence-electron chi connectivity index (χ1n) is 7.01. The van der Waals surface area contributed by atoms with Crippen LogP contribution in [0.4, 0.5) is 5.69 Å². The monoisotopic (exact) mass is 277 g/mol. The summed E-state index contributed by atoms with van der Waals surface area (Å²) in [5, 5.41) is 2.92. The lowest BCUT2D eigenvalue weighted by molar-refractivity contribution is -0.117. The molecule has 1 aromatic carbocycles. The normalized spacial score (nSPS) is 16.9. The molecule has 0 radical (unpaired) electrons. The summed E-state index contributed by atoms with van der Waals surface area (Å²) in [7, 11) is 1.60. The lowest BCUT2D eigenvalue weighted by Gasteiger charge is -2.29. The van der Waals surface area contributed by atoms with E-state index in [1.54, 1.807) is 7.11 Å². The van der Waals surface area contributed by atoms with E-state index in [-0.39, 0.29) is 11.9 Å². The van der Waals surface area contributed by atoms with Gasteiger partial charge in [0.25, 0.3) is 0 Å². The van der Waals surface area contributed by atoms with Gasteiger partial charge >= 0.3 is 0 Å². The second-order valence-corrected chi connectivity index (χ2v) is 5.37. The Kier molecular flexibility index (Phi) is 4.98. The minimum absolute atomic E-state index is 0.00984. The highest BCUT2D eigenvalue weighted by Gasteiger charge is 2.18. The van der Waals surface area contributed by atoms with Crippen LogP contribution in [0.2, 0.25) is 0 Å². The molecule has 0 spiro atoms. The molecule has 0 aliphatic carbocycles. The highest BCUT2D eigenvalue weighted by molar-refractivity contribution is 5.93. The van der Waals surface area contributed by atoms with Crippen LogP contribution in [-0.4, -0.2) is 43.6 Å². The number of nitrogens with zero attached hydrogens (tertiary/aromatic N) is 1. The maximum Gasteiger partial charge on any atom is 0.238 e. The molecule has 3 N–H and O–H groups in total. The molecule has 2 rings (SSSR count). The third-order valence-electron chi connectivity index (χ3n) is 3.63. The van der Waals surface area contributed by atoms with E-state index < -0.39 is 0 Å². The van der Waals surface area contributed by atoms with Gasteiger partial charge in [-0.2, -0.15) is 0 Å². The lowest BCUT2D eigenvalue weighted by Crippen LogP contribution is -2.43. The van der Waals surface area contributed by atoms with Crippen molar-refractivity contribution in [2.24, 2.45) is 5.73 Å². The van der Waals surface area contributed by atoms with Crippen molar-refractivity contribution < 1.29 is 9.53 Å². The Balaban J connectivity index is 1.92. The molecule has 0 unspecified atom stereocenters. The molecule has 1 fully saturated rings. The zero-order chi connectivity index (χ0) is 14.5. The van der Waals surface area contributed by atoms with Gasteiger partial charge in [0.1, 0.15) is 5.75 Å². The Labute approximate surface area is 120 Å². The maximum absolute atomic E-state index is 12.1. The van der Waals surface area contributed by atoms with Crippen molar-refractivity contribution >= 4 is 11.6 Å². The number of nitrogens with two attached hydrogens (primary N) is 1. The minimum Gasteiger partial charge on any atom is -0.495 e. The quantitative estimate of drug-likeness (QED) is 0.872. The second kappa shape index (κ2) is 6.72. The molecule has 1 heterocycles. The first-order chi connectivity index (χ1) is 9.58. The summed E-state index contributed by atoms with van der Waals surface area (Å²) in [5.41, 5.74) is 7.68. The molecular formula is C15H23N3O2. The molecule has 5 nitrogen and oxygen atoms in total. The Hall–Kier alpha value is -1.59. The van der Waals surface area contributed by atoms with Gasteiger partial charge < -0.3 is 15.8 Å². The fraction of sp³-hybridized carbons (Fsp3) is 0.533. The molecule has 1 saturated heterocycles. The maximum atomic E-state index is 12.1. The molecule has 1 aromatic rings. The topological polar surface area (TPSA) is 67.6 Å². The standard InChI is InChI=1S/C15H23N3O2/c1-11-3-4-14(20-2)13(9-11)17-15(19)10-18-7-5-12(16)6-8-18/h3-4,9,12H,5-8,10,16H2,1-2H3,(H,17,19). The number of benzene rings is 1. The van der Waals surface area contributed by atoms with Gasteiger partial charge in [-0.1, -0.05) is 6.07 Å². The molecule has 0 aromatic heterocycles. The second-order valence-electron chi connectivity index (χ2n) is 5.37. The van der Waals surface area contributed by atoms with Crippen molar-refractivity contribution in [3.63, 3.8) is 0 Å². The van der Waals surface area contributed by atoms with Gasteiger partial charge in [0.2, 0.25) is 5.91 Å². The third-order valence-corrected chi connectivity index (χ3v) is 3.63. The summed E-state index contributed by atoms with van der Waals surface area (Å²) >= 11 is 0. The van der Waals surface area contributed by atoms with Gasteiger partial charge in [0.05, 0.1) is 19.3 Å². The average Bonchev–Trinajstić information content (AvgIpc) is 2.41. The summed E-state index contributed by atoms with van der Waals surface area (Å²) in [5.74, 6) is 0.675. The van der Waals surface area contributed by atoms with Crippen molar-refractivity contribution in [2.75, 3.05) is 32.1 Å². The largest absolute Gasteiger partial charge is 0.495 e. The van der Waals surface area contributed by atoms with E-state index in [1.807, 2.05) is 25.1 Å². The van der Waals surface area contributed by atoms with Crippen LogP contribution in [0, 0.1) is 6.92 Å². The number of piperidine rings is 1. The van der Waals surface area contributed by atoms with Gasteiger partial charge in [-0.05, 0) is 37.5 Å². The number of likely N-dealkylation sites (tertiary alicyclic amines) is 1. The minimum atomic E-state index is -0.00984.